The van der Waals surface area contributed by atoms with Gasteiger partial charge in [-0.25, -0.2) is 4.98 Å². The van der Waals surface area contributed by atoms with Gasteiger partial charge in [0.25, 0.3) is 0 Å². The van der Waals surface area contributed by atoms with E-state index in [0.29, 0.717) is 16.2 Å². The van der Waals surface area contributed by atoms with E-state index in [1.54, 1.807) is 18.2 Å². The Labute approximate surface area is 115 Å². The molecule has 0 radical (unpaired) electrons. The fourth-order valence-corrected chi connectivity index (χ4v) is 2.46. The van der Waals surface area contributed by atoms with Gasteiger partial charge in [0.2, 0.25) is 5.95 Å². The Morgan fingerprint density at radius 2 is 1.74 bits per heavy atom. The number of phenols is 2. The first-order valence-corrected chi connectivity index (χ1v) is 6.14. The lowest BCUT2D eigenvalue weighted by Crippen LogP contribution is -2.01. The molecule has 0 spiro atoms. The van der Waals surface area contributed by atoms with Gasteiger partial charge in [0.05, 0.1) is 5.39 Å². The molecule has 6 nitrogen and oxygen atoms in total. The van der Waals surface area contributed by atoms with E-state index in [1.807, 2.05) is 0 Å². The highest BCUT2D eigenvalue weighted by atomic mass is 79.9. The number of aromatic hydroxyl groups is 2. The van der Waals surface area contributed by atoms with Crippen LogP contribution >= 0.6 is 15.9 Å². The Bertz CT molecular complexity index is 835. The average Bonchev–Trinajstić information content (AvgIpc) is 2.35. The molecule has 3 aromatic rings. The zero-order chi connectivity index (χ0) is 13.7. The predicted molar refractivity (Wildman–Crippen MR) is 76.9 cm³/mol. The van der Waals surface area contributed by atoms with Crippen molar-refractivity contribution in [1.82, 2.24) is 9.97 Å². The van der Waals surface area contributed by atoms with Crippen LogP contribution in [0.15, 0.2) is 22.7 Å². The highest BCUT2D eigenvalue weighted by molar-refractivity contribution is 9.10. The molecule has 7 heteroatoms. The van der Waals surface area contributed by atoms with Crippen LogP contribution in [0.25, 0.3) is 21.7 Å². The van der Waals surface area contributed by atoms with Gasteiger partial charge < -0.3 is 21.7 Å². The van der Waals surface area contributed by atoms with Crippen LogP contribution < -0.4 is 11.5 Å². The van der Waals surface area contributed by atoms with Gasteiger partial charge in [-0.2, -0.15) is 4.98 Å². The van der Waals surface area contributed by atoms with Crippen molar-refractivity contribution in [2.45, 2.75) is 0 Å². The minimum Gasteiger partial charge on any atom is -0.504 e. The first-order chi connectivity index (χ1) is 8.99. The van der Waals surface area contributed by atoms with Crippen molar-refractivity contribution in [2.75, 3.05) is 11.5 Å². The first kappa shape index (κ1) is 11.8. The summed E-state index contributed by atoms with van der Waals surface area (Å²) in [5.74, 6) is -0.524. The Balaban J connectivity index is 2.67. The summed E-state index contributed by atoms with van der Waals surface area (Å²) < 4.78 is 0.768. The zero-order valence-corrected chi connectivity index (χ0v) is 11.1. The molecule has 96 valence electrons. The molecule has 3 rings (SSSR count). The van der Waals surface area contributed by atoms with Gasteiger partial charge in [0, 0.05) is 9.86 Å². The van der Waals surface area contributed by atoms with Gasteiger partial charge in [0.15, 0.2) is 11.5 Å². The number of nitrogen functional groups attached to an aromatic ring is 2. The van der Waals surface area contributed by atoms with Crippen LogP contribution in [0.5, 0.6) is 11.5 Å². The number of rotatable bonds is 0. The monoisotopic (exact) mass is 320 g/mol. The Hall–Kier alpha value is -2.28. The van der Waals surface area contributed by atoms with Gasteiger partial charge >= 0.3 is 0 Å². The van der Waals surface area contributed by atoms with E-state index in [0.717, 1.165) is 4.47 Å². The van der Waals surface area contributed by atoms with E-state index in [1.165, 1.54) is 0 Å². The molecule has 0 atom stereocenters. The molecule has 0 amide bonds. The number of anilines is 2. The van der Waals surface area contributed by atoms with Crippen LogP contribution in [0.4, 0.5) is 11.8 Å². The summed E-state index contributed by atoms with van der Waals surface area (Å²) >= 11 is 3.31. The number of aromatic nitrogens is 2. The first-order valence-electron chi connectivity index (χ1n) is 5.35. The van der Waals surface area contributed by atoms with E-state index in [9.17, 15) is 10.2 Å². The third-order valence-electron chi connectivity index (χ3n) is 2.91. The van der Waals surface area contributed by atoms with Gasteiger partial charge in [0.1, 0.15) is 11.3 Å². The molecule has 1 heterocycles. The number of phenolic OH excluding ortho intramolecular Hbond substituents is 2. The SMILES string of the molecule is Nc1nc(N)c2c(n1)c(O)c(O)c1cc(Br)ccc12. The lowest BCUT2D eigenvalue weighted by atomic mass is 10.0. The van der Waals surface area contributed by atoms with Crippen molar-refractivity contribution < 1.29 is 10.2 Å². The third-order valence-corrected chi connectivity index (χ3v) is 3.40. The molecule has 0 aliphatic rings. The van der Waals surface area contributed by atoms with E-state index in [2.05, 4.69) is 25.9 Å². The fraction of sp³-hybridized carbons (Fsp3) is 0. The molecule has 0 unspecified atom stereocenters. The lowest BCUT2D eigenvalue weighted by Gasteiger charge is -2.11. The maximum atomic E-state index is 10.0. The Morgan fingerprint density at radius 3 is 2.47 bits per heavy atom. The average molecular weight is 321 g/mol. The number of hydrogen-bond donors (Lipinski definition) is 4. The smallest absolute Gasteiger partial charge is 0.222 e. The molecule has 1 aromatic heterocycles. The highest BCUT2D eigenvalue weighted by Gasteiger charge is 2.17. The second-order valence-corrected chi connectivity index (χ2v) is 4.99. The topological polar surface area (TPSA) is 118 Å². The van der Waals surface area contributed by atoms with Gasteiger partial charge in [-0.05, 0) is 17.5 Å². The molecule has 6 N–H and O–H groups in total. The number of nitrogens with zero attached hydrogens (tertiary/aromatic N) is 2. The van der Waals surface area contributed by atoms with Crippen molar-refractivity contribution in [1.29, 1.82) is 0 Å². The molecule has 0 saturated heterocycles. The van der Waals surface area contributed by atoms with Crippen LogP contribution in [0.2, 0.25) is 0 Å². The largest absolute Gasteiger partial charge is 0.504 e. The maximum absolute atomic E-state index is 10.0. The predicted octanol–water partition coefficient (Wildman–Crippen LogP) is 2.12. The number of hydrogen-bond acceptors (Lipinski definition) is 6. The number of fused-ring (bicyclic) bond motifs is 3. The summed E-state index contributed by atoms with van der Waals surface area (Å²) in [5.41, 5.74) is 11.5. The molecular formula is C12H9BrN4O2. The molecule has 0 saturated carbocycles. The van der Waals surface area contributed by atoms with Gasteiger partial charge in [-0.3, -0.25) is 0 Å². The standard InChI is InChI=1S/C12H9BrN4O2/c13-4-1-2-5-6(3-4)9(18)10(19)8-7(5)11(14)17-12(15)16-8/h1-3,18-19H,(H4,14,15,16,17). The summed E-state index contributed by atoms with van der Waals surface area (Å²) in [7, 11) is 0. The minimum absolute atomic E-state index is 0.0591. The van der Waals surface area contributed by atoms with Crippen molar-refractivity contribution in [3.63, 3.8) is 0 Å². The normalized spacial score (nSPS) is 11.2. The van der Waals surface area contributed by atoms with Gasteiger partial charge in [-0.1, -0.05) is 22.0 Å². The van der Waals surface area contributed by atoms with Crippen molar-refractivity contribution in [3.8, 4) is 11.5 Å². The van der Waals surface area contributed by atoms with E-state index < -0.39 is 0 Å². The van der Waals surface area contributed by atoms with E-state index in [4.69, 9.17) is 11.5 Å². The van der Waals surface area contributed by atoms with Gasteiger partial charge in [-0.15, -0.1) is 0 Å². The summed E-state index contributed by atoms with van der Waals surface area (Å²) in [6.45, 7) is 0. The second kappa shape index (κ2) is 3.86. The van der Waals surface area contributed by atoms with Crippen molar-refractivity contribution in [2.24, 2.45) is 0 Å². The third kappa shape index (κ3) is 1.62. The Morgan fingerprint density at radius 1 is 1.00 bits per heavy atom. The minimum atomic E-state index is -0.360. The van der Waals surface area contributed by atoms with Crippen LogP contribution in [-0.4, -0.2) is 20.2 Å². The quantitative estimate of drug-likeness (QED) is 0.372. The lowest BCUT2D eigenvalue weighted by molar-refractivity contribution is 0.412. The maximum Gasteiger partial charge on any atom is 0.222 e. The van der Waals surface area contributed by atoms with E-state index in [-0.39, 0.29) is 28.8 Å². The van der Waals surface area contributed by atoms with Crippen LogP contribution in [0.1, 0.15) is 0 Å². The summed E-state index contributed by atoms with van der Waals surface area (Å²) in [5, 5.41) is 21.6. The highest BCUT2D eigenvalue weighted by Crippen LogP contribution is 2.43. The number of nitrogens with two attached hydrogens (primary N) is 2. The Kier molecular flexibility index (Phi) is 2.39. The molecule has 0 aliphatic carbocycles. The molecule has 0 aliphatic heterocycles. The zero-order valence-electron chi connectivity index (χ0n) is 9.55. The molecule has 19 heavy (non-hydrogen) atoms. The summed E-state index contributed by atoms with van der Waals surface area (Å²) in [6, 6.07) is 5.24. The fourth-order valence-electron chi connectivity index (χ4n) is 2.10. The van der Waals surface area contributed by atoms with Crippen molar-refractivity contribution in [3.05, 3.63) is 22.7 Å². The summed E-state index contributed by atoms with van der Waals surface area (Å²) in [4.78, 5) is 7.82. The summed E-state index contributed by atoms with van der Waals surface area (Å²) in [6.07, 6.45) is 0. The van der Waals surface area contributed by atoms with Crippen LogP contribution in [0, 0.1) is 0 Å². The number of benzene rings is 2. The second-order valence-electron chi connectivity index (χ2n) is 4.08. The number of halogens is 1. The van der Waals surface area contributed by atoms with Crippen molar-refractivity contribution >= 4 is 49.4 Å². The van der Waals surface area contributed by atoms with E-state index >= 15 is 0 Å². The molecular weight excluding hydrogens is 312 g/mol. The molecule has 2 aromatic carbocycles. The molecule has 0 bridgehead atoms. The van der Waals surface area contributed by atoms with Crippen LogP contribution in [0.3, 0.4) is 0 Å². The van der Waals surface area contributed by atoms with Crippen LogP contribution in [-0.2, 0) is 0 Å². The molecule has 0 fully saturated rings.